The highest BCUT2D eigenvalue weighted by atomic mass is 16.2. The molecule has 3 atom stereocenters. The number of imidazole rings is 1. The predicted molar refractivity (Wildman–Crippen MR) is 282 cm³/mol. The lowest BCUT2D eigenvalue weighted by Gasteiger charge is -2.49. The Hall–Kier alpha value is -5.90. The van der Waals surface area contributed by atoms with Crippen molar-refractivity contribution in [3.05, 3.63) is 60.0 Å². The Morgan fingerprint density at radius 3 is 2.30 bits per heavy atom. The van der Waals surface area contributed by atoms with Gasteiger partial charge in [-0.2, -0.15) is 0 Å². The van der Waals surface area contributed by atoms with Crippen molar-refractivity contribution in [2.75, 3.05) is 67.5 Å². The number of carbonyl (C=O) groups is 5. The Kier molecular flexibility index (Phi) is 13.8. The van der Waals surface area contributed by atoms with E-state index in [1.165, 1.54) is 19.3 Å². The third-order valence-corrected chi connectivity index (χ3v) is 18.0. The van der Waals surface area contributed by atoms with Gasteiger partial charge in [0.2, 0.25) is 30.0 Å². The Labute approximate surface area is 430 Å². The van der Waals surface area contributed by atoms with Crippen LogP contribution in [0.2, 0.25) is 0 Å². The number of likely N-dealkylation sites (tertiary alicyclic amines) is 3. The number of hydrogen-bond acceptors (Lipinski definition) is 11. The van der Waals surface area contributed by atoms with E-state index in [4.69, 9.17) is 9.97 Å². The highest BCUT2D eigenvalue weighted by Gasteiger charge is 2.44. The van der Waals surface area contributed by atoms with Crippen LogP contribution in [0.15, 0.2) is 48.9 Å². The number of aromatic nitrogens is 4. The first-order valence-corrected chi connectivity index (χ1v) is 27.7. The van der Waals surface area contributed by atoms with Gasteiger partial charge in [0.05, 0.1) is 23.5 Å². The number of rotatable bonds is 13. The number of nitrogens with one attached hydrogen (secondary N) is 2. The van der Waals surface area contributed by atoms with Gasteiger partial charge in [-0.05, 0) is 145 Å². The number of hydrogen-bond donors (Lipinski definition) is 2. The number of nitrogens with zero attached hydrogens (tertiary/aromatic N) is 9. The largest absolute Gasteiger partial charge is 0.366 e. The molecule has 5 saturated heterocycles. The quantitative estimate of drug-likeness (QED) is 0.101. The van der Waals surface area contributed by atoms with Crippen molar-refractivity contribution in [3.8, 4) is 11.3 Å². The SMILES string of the molecule is CC1CN(C(=O)C2CCN(c3ccc(C4CCC(=O)NC4=O)cn3)CC2)CCC1C(=O)N1CCC(C)(c2ccc(-c3cc4ncn(C(C)C)c4c(NC4CC4)n3)cc2N(C=O)C2CC(N3CCCCC3)C2)CC1. The average Bonchev–Trinajstić information content (AvgIpc) is 4.10. The van der Waals surface area contributed by atoms with Crippen LogP contribution in [0.5, 0.6) is 0 Å². The van der Waals surface area contributed by atoms with E-state index in [9.17, 15) is 24.0 Å². The van der Waals surface area contributed by atoms with Crippen LogP contribution in [0.4, 0.5) is 17.3 Å². The summed E-state index contributed by atoms with van der Waals surface area (Å²) >= 11 is 0. The van der Waals surface area contributed by atoms with E-state index >= 15 is 0 Å². The van der Waals surface area contributed by atoms with Crippen LogP contribution in [-0.4, -0.2) is 135 Å². The molecule has 3 unspecified atom stereocenters. The molecule has 7 fully saturated rings. The molecule has 11 rings (SSSR count). The summed E-state index contributed by atoms with van der Waals surface area (Å²) < 4.78 is 2.19. The molecule has 5 aliphatic heterocycles. The van der Waals surface area contributed by atoms with Gasteiger partial charge >= 0.3 is 0 Å². The maximum absolute atomic E-state index is 14.5. The molecule has 1 aromatic carbocycles. The second kappa shape index (κ2) is 20.4. The average molecular weight is 994 g/mol. The van der Waals surface area contributed by atoms with Crippen LogP contribution in [0.1, 0.15) is 141 Å². The van der Waals surface area contributed by atoms with Crippen LogP contribution in [0.3, 0.4) is 0 Å². The zero-order valence-corrected chi connectivity index (χ0v) is 43.4. The van der Waals surface area contributed by atoms with Crippen molar-refractivity contribution in [1.82, 2.24) is 39.5 Å². The third kappa shape index (κ3) is 9.96. The highest BCUT2D eigenvalue weighted by molar-refractivity contribution is 6.01. The second-order valence-electron chi connectivity index (χ2n) is 23.3. The number of pyridine rings is 2. The van der Waals surface area contributed by atoms with Gasteiger partial charge in [-0.1, -0.05) is 38.5 Å². The van der Waals surface area contributed by atoms with E-state index < -0.39 is 0 Å². The summed E-state index contributed by atoms with van der Waals surface area (Å²) in [6.45, 7) is 15.0. The molecule has 16 nitrogen and oxygen atoms in total. The van der Waals surface area contributed by atoms with Gasteiger partial charge in [-0.15, -0.1) is 0 Å². The Morgan fingerprint density at radius 2 is 1.63 bits per heavy atom. The Balaban J connectivity index is 0.743. The first-order valence-electron chi connectivity index (χ1n) is 27.7. The maximum atomic E-state index is 14.5. The third-order valence-electron chi connectivity index (χ3n) is 18.0. The minimum atomic E-state index is -0.365. The predicted octanol–water partition coefficient (Wildman–Crippen LogP) is 7.43. The molecule has 73 heavy (non-hydrogen) atoms. The monoisotopic (exact) mass is 994 g/mol. The highest BCUT2D eigenvalue weighted by Crippen LogP contribution is 2.46. The minimum Gasteiger partial charge on any atom is -0.366 e. The lowest BCUT2D eigenvalue weighted by Crippen LogP contribution is -2.55. The van der Waals surface area contributed by atoms with Gasteiger partial charge in [-0.25, -0.2) is 15.0 Å². The molecule has 2 N–H and O–H groups in total. The van der Waals surface area contributed by atoms with Crippen LogP contribution < -0.4 is 20.4 Å². The van der Waals surface area contributed by atoms with Crippen molar-refractivity contribution < 1.29 is 24.0 Å². The van der Waals surface area contributed by atoms with E-state index in [-0.39, 0.29) is 64.8 Å². The molecular weight excluding hydrogens is 919 g/mol. The second-order valence-corrected chi connectivity index (χ2v) is 23.3. The lowest BCUT2D eigenvalue weighted by molar-refractivity contribution is -0.146. The van der Waals surface area contributed by atoms with Gasteiger partial charge in [0.1, 0.15) is 11.3 Å². The number of benzene rings is 1. The summed E-state index contributed by atoms with van der Waals surface area (Å²) in [5.74, 6) is 1.08. The van der Waals surface area contributed by atoms with Crippen molar-refractivity contribution in [3.63, 3.8) is 0 Å². The molecule has 8 heterocycles. The van der Waals surface area contributed by atoms with Crippen LogP contribution in [0, 0.1) is 17.8 Å². The summed E-state index contributed by atoms with van der Waals surface area (Å²) in [7, 11) is 0. The summed E-state index contributed by atoms with van der Waals surface area (Å²) in [6.07, 6.45) is 17.3. The summed E-state index contributed by atoms with van der Waals surface area (Å²) in [5.41, 5.74) is 6.39. The van der Waals surface area contributed by atoms with Crippen molar-refractivity contribution in [2.45, 2.75) is 153 Å². The van der Waals surface area contributed by atoms with Crippen molar-refractivity contribution in [2.24, 2.45) is 17.8 Å². The van der Waals surface area contributed by atoms with E-state index in [0.29, 0.717) is 57.5 Å². The number of fused-ring (bicyclic) bond motifs is 1. The van der Waals surface area contributed by atoms with Gasteiger partial charge in [0.15, 0.2) is 5.82 Å². The van der Waals surface area contributed by atoms with Crippen LogP contribution >= 0.6 is 0 Å². The molecule has 2 saturated carbocycles. The van der Waals surface area contributed by atoms with Crippen molar-refractivity contribution >= 4 is 58.4 Å². The standard InChI is InChI=1S/C57H75N11O5/c1-36(2)67-34-59-48-31-47(61-53(52(48)67)60-41-10-11-41)39-8-13-46(49(28-39)68(35-69)43-29-42(30-43)63-21-6-5-7-22-63)57(4)19-26-65(27-20-57)56(73)44-18-25-66(33-37(44)3)55(72)38-16-23-64(24-17-38)50-14-9-40(32-58-50)45-12-15-51(70)62-54(45)71/h8-9,13-14,28,31-32,34-38,41-45H,5-7,10-12,15-27,29-30,33H2,1-4H3,(H,60,61)(H,62,70,71). The molecule has 0 bridgehead atoms. The lowest BCUT2D eigenvalue weighted by atomic mass is 9.72. The number of anilines is 3. The minimum absolute atomic E-state index is 0.0502. The van der Waals surface area contributed by atoms with Crippen LogP contribution in [-0.2, 0) is 29.4 Å². The molecule has 2 aliphatic carbocycles. The topological polar surface area (TPSA) is 169 Å². The zero-order valence-electron chi connectivity index (χ0n) is 43.4. The molecule has 7 aliphatic rings. The van der Waals surface area contributed by atoms with E-state index in [1.807, 2.05) is 28.3 Å². The number of piperidine rings is 5. The zero-order chi connectivity index (χ0) is 50.5. The normalized spacial score (nSPS) is 26.2. The first-order chi connectivity index (χ1) is 35.3. The molecule has 0 spiro atoms. The van der Waals surface area contributed by atoms with Gasteiger partial charge in [-0.3, -0.25) is 29.3 Å². The summed E-state index contributed by atoms with van der Waals surface area (Å²) in [5, 5.41) is 6.14. The molecule has 16 heteroatoms. The smallest absolute Gasteiger partial charge is 0.234 e. The van der Waals surface area contributed by atoms with Crippen molar-refractivity contribution in [1.29, 1.82) is 0 Å². The molecular formula is C57H75N11O5. The molecule has 5 amide bonds. The molecule has 3 aromatic heterocycles. The van der Waals surface area contributed by atoms with Gasteiger partial charge in [0.25, 0.3) is 0 Å². The summed E-state index contributed by atoms with van der Waals surface area (Å²) in [6, 6.07) is 13.9. The fourth-order valence-electron chi connectivity index (χ4n) is 13.1. The fourth-order valence-corrected chi connectivity index (χ4v) is 13.1. The van der Waals surface area contributed by atoms with E-state index in [0.717, 1.165) is 135 Å². The van der Waals surface area contributed by atoms with Gasteiger partial charge in [0, 0.05) is 99.1 Å². The van der Waals surface area contributed by atoms with E-state index in [2.05, 4.69) is 86.8 Å². The number of carbonyl (C=O) groups excluding carboxylic acids is 5. The first kappa shape index (κ1) is 49.3. The Morgan fingerprint density at radius 1 is 0.863 bits per heavy atom. The maximum Gasteiger partial charge on any atom is 0.234 e. The fraction of sp³-hybridized carbons (Fsp3) is 0.614. The molecule has 4 aromatic rings. The summed E-state index contributed by atoms with van der Waals surface area (Å²) in [4.78, 5) is 91.6. The van der Waals surface area contributed by atoms with Gasteiger partial charge < -0.3 is 34.4 Å². The number of imide groups is 1. The Bertz CT molecular complexity index is 2710. The number of amides is 5. The molecule has 0 radical (unpaired) electrons. The van der Waals surface area contributed by atoms with E-state index in [1.54, 1.807) is 6.20 Å². The van der Waals surface area contributed by atoms with Crippen LogP contribution in [0.25, 0.3) is 22.3 Å². The molecule has 388 valence electrons.